The molecule has 4 rings (SSSR count). The third kappa shape index (κ3) is 8.59. The number of hydrogen-bond acceptors (Lipinski definition) is 9. The summed E-state index contributed by atoms with van der Waals surface area (Å²) in [5.74, 6) is 1.48. The maximum absolute atomic E-state index is 13.2. The molecule has 0 saturated heterocycles. The van der Waals surface area contributed by atoms with Crippen LogP contribution in [0.2, 0.25) is 0 Å². The van der Waals surface area contributed by atoms with E-state index in [1.165, 1.54) is 6.20 Å². The first-order valence-electron chi connectivity index (χ1n) is 13.1. The topological polar surface area (TPSA) is 133 Å². The van der Waals surface area contributed by atoms with Gasteiger partial charge in [-0.2, -0.15) is 4.98 Å². The minimum absolute atomic E-state index is 0.0112. The fourth-order valence-electron chi connectivity index (χ4n) is 3.68. The van der Waals surface area contributed by atoms with Crippen molar-refractivity contribution in [3.05, 3.63) is 90.1 Å². The van der Waals surface area contributed by atoms with E-state index in [9.17, 15) is 9.59 Å². The number of hydrogen-bond donors (Lipinski definition) is 3. The number of benzene rings is 3. The van der Waals surface area contributed by atoms with Crippen molar-refractivity contribution < 1.29 is 28.5 Å². The molecule has 0 radical (unpaired) electrons. The predicted octanol–water partition coefficient (Wildman–Crippen LogP) is 6.31. The SMILES string of the molecule is COc1ccc(CNC(=O)c2cnc(Nc3cccc(OC)c3)nc2Oc2cccc(NC(=O)OC(C)(C)C)c2)cc1. The molecule has 11 nitrogen and oxygen atoms in total. The number of nitrogens with zero attached hydrogens (tertiary/aromatic N) is 2. The van der Waals surface area contributed by atoms with Gasteiger partial charge in [-0.15, -0.1) is 0 Å². The van der Waals surface area contributed by atoms with Crippen LogP contribution in [0.1, 0.15) is 36.7 Å². The van der Waals surface area contributed by atoms with E-state index in [0.717, 1.165) is 11.3 Å². The average molecular weight is 572 g/mol. The summed E-state index contributed by atoms with van der Waals surface area (Å²) >= 11 is 0. The lowest BCUT2D eigenvalue weighted by molar-refractivity contribution is 0.0635. The van der Waals surface area contributed by atoms with Gasteiger partial charge in [0.05, 0.1) is 14.2 Å². The molecule has 0 aliphatic heterocycles. The maximum atomic E-state index is 13.2. The fraction of sp³-hybridized carbons (Fsp3) is 0.226. The quantitative estimate of drug-likeness (QED) is 0.200. The zero-order chi connectivity index (χ0) is 30.1. The van der Waals surface area contributed by atoms with Crippen LogP contribution >= 0.6 is 0 Å². The number of nitrogens with one attached hydrogen (secondary N) is 3. The highest BCUT2D eigenvalue weighted by Crippen LogP contribution is 2.28. The molecule has 0 unspecified atom stereocenters. The monoisotopic (exact) mass is 571 g/mol. The molecule has 0 aliphatic carbocycles. The lowest BCUT2D eigenvalue weighted by Gasteiger charge is -2.19. The van der Waals surface area contributed by atoms with E-state index in [2.05, 4.69) is 25.9 Å². The van der Waals surface area contributed by atoms with Gasteiger partial charge in [0.25, 0.3) is 5.91 Å². The lowest BCUT2D eigenvalue weighted by atomic mass is 10.2. The van der Waals surface area contributed by atoms with Crippen molar-refractivity contribution in [1.82, 2.24) is 15.3 Å². The lowest BCUT2D eigenvalue weighted by Crippen LogP contribution is -2.27. The molecule has 0 atom stereocenters. The molecule has 0 fully saturated rings. The summed E-state index contributed by atoms with van der Waals surface area (Å²) in [6, 6.07) is 21.3. The molecule has 2 amide bonds. The van der Waals surface area contributed by atoms with Crippen LogP contribution < -0.4 is 30.2 Å². The number of ether oxygens (including phenoxy) is 4. The number of carbonyl (C=O) groups is 2. The Morgan fingerprint density at radius 3 is 2.19 bits per heavy atom. The van der Waals surface area contributed by atoms with Crippen LogP contribution in [-0.2, 0) is 11.3 Å². The average Bonchev–Trinajstić information content (AvgIpc) is 2.95. The Labute approximate surface area is 244 Å². The molecule has 0 saturated carbocycles. The largest absolute Gasteiger partial charge is 0.497 e. The van der Waals surface area contributed by atoms with Crippen molar-refractivity contribution in [2.45, 2.75) is 32.9 Å². The van der Waals surface area contributed by atoms with Gasteiger partial charge in [0.1, 0.15) is 28.4 Å². The minimum Gasteiger partial charge on any atom is -0.497 e. The van der Waals surface area contributed by atoms with Gasteiger partial charge in [-0.05, 0) is 62.7 Å². The van der Waals surface area contributed by atoms with Crippen LogP contribution in [0.4, 0.5) is 22.1 Å². The Bertz CT molecular complexity index is 1540. The molecule has 42 heavy (non-hydrogen) atoms. The first kappa shape index (κ1) is 29.7. The Morgan fingerprint density at radius 2 is 1.50 bits per heavy atom. The van der Waals surface area contributed by atoms with Crippen LogP contribution in [0.15, 0.2) is 79.0 Å². The van der Waals surface area contributed by atoms with E-state index in [0.29, 0.717) is 22.9 Å². The number of methoxy groups -OCH3 is 2. The van der Waals surface area contributed by atoms with Crippen LogP contribution in [-0.4, -0.2) is 41.8 Å². The van der Waals surface area contributed by atoms with Crippen molar-refractivity contribution in [3.8, 4) is 23.1 Å². The third-order valence-electron chi connectivity index (χ3n) is 5.63. The Balaban J connectivity index is 1.58. The molecule has 3 N–H and O–H groups in total. The van der Waals surface area contributed by atoms with Crippen LogP contribution in [0.3, 0.4) is 0 Å². The standard InChI is InChI=1S/C31H33N5O6/c1-31(2,3)42-30(38)35-22-9-7-11-25(17-22)41-28-26(27(37)32-18-20-12-14-23(39-4)15-13-20)19-33-29(36-28)34-21-8-6-10-24(16-21)40-5/h6-17,19H,18H2,1-5H3,(H,32,37)(H,35,38)(H,33,34,36). The molecule has 11 heteroatoms. The van der Waals surface area contributed by atoms with Gasteiger partial charge < -0.3 is 29.6 Å². The Morgan fingerprint density at radius 1 is 0.833 bits per heavy atom. The van der Waals surface area contributed by atoms with Gasteiger partial charge >= 0.3 is 6.09 Å². The fourth-order valence-corrected chi connectivity index (χ4v) is 3.68. The summed E-state index contributed by atoms with van der Waals surface area (Å²) in [4.78, 5) is 34.3. The minimum atomic E-state index is -0.653. The summed E-state index contributed by atoms with van der Waals surface area (Å²) in [5, 5.41) is 8.65. The van der Waals surface area contributed by atoms with Crippen molar-refractivity contribution >= 4 is 29.3 Å². The van der Waals surface area contributed by atoms with E-state index < -0.39 is 17.6 Å². The molecular formula is C31H33N5O6. The van der Waals surface area contributed by atoms with E-state index in [1.54, 1.807) is 65.3 Å². The zero-order valence-electron chi connectivity index (χ0n) is 24.1. The highest BCUT2D eigenvalue weighted by atomic mass is 16.6. The van der Waals surface area contributed by atoms with Crippen LogP contribution in [0.5, 0.6) is 23.1 Å². The summed E-state index contributed by atoms with van der Waals surface area (Å²) < 4.78 is 21.9. The number of rotatable bonds is 10. The van der Waals surface area contributed by atoms with Crippen molar-refractivity contribution in [1.29, 1.82) is 0 Å². The molecular weight excluding hydrogens is 538 g/mol. The van der Waals surface area contributed by atoms with Gasteiger partial charge in [-0.3, -0.25) is 10.1 Å². The Hall–Kier alpha value is -5.32. The number of aromatic nitrogens is 2. The molecule has 3 aromatic carbocycles. The molecule has 1 aromatic heterocycles. The zero-order valence-corrected chi connectivity index (χ0v) is 24.1. The van der Waals surface area contributed by atoms with E-state index in [1.807, 2.05) is 42.5 Å². The normalized spacial score (nSPS) is 10.8. The second-order valence-electron chi connectivity index (χ2n) is 10.1. The first-order valence-corrected chi connectivity index (χ1v) is 13.1. The third-order valence-corrected chi connectivity index (χ3v) is 5.63. The highest BCUT2D eigenvalue weighted by Gasteiger charge is 2.19. The summed E-state index contributed by atoms with van der Waals surface area (Å²) in [6.07, 6.45) is 0.779. The second-order valence-corrected chi connectivity index (χ2v) is 10.1. The molecule has 0 aliphatic rings. The molecule has 0 bridgehead atoms. The maximum Gasteiger partial charge on any atom is 0.412 e. The van der Waals surface area contributed by atoms with Gasteiger partial charge in [0.15, 0.2) is 0 Å². The predicted molar refractivity (Wildman–Crippen MR) is 159 cm³/mol. The summed E-state index contributed by atoms with van der Waals surface area (Å²) in [7, 11) is 3.17. The number of anilines is 3. The highest BCUT2D eigenvalue weighted by molar-refractivity contribution is 5.96. The second kappa shape index (κ2) is 13.4. The number of amides is 2. The van der Waals surface area contributed by atoms with E-state index >= 15 is 0 Å². The van der Waals surface area contributed by atoms with Gasteiger partial charge in [-0.1, -0.05) is 24.3 Å². The Kier molecular flexibility index (Phi) is 9.43. The molecule has 218 valence electrons. The number of carbonyl (C=O) groups excluding carboxylic acids is 2. The van der Waals surface area contributed by atoms with Crippen molar-refractivity contribution in [3.63, 3.8) is 0 Å². The first-order chi connectivity index (χ1) is 20.1. The summed E-state index contributed by atoms with van der Waals surface area (Å²) in [5.41, 5.74) is 1.46. The van der Waals surface area contributed by atoms with Crippen molar-refractivity contribution in [2.24, 2.45) is 0 Å². The molecule has 1 heterocycles. The van der Waals surface area contributed by atoms with E-state index in [-0.39, 0.29) is 23.9 Å². The van der Waals surface area contributed by atoms with Gasteiger partial charge in [-0.25, -0.2) is 9.78 Å². The van der Waals surface area contributed by atoms with Gasteiger partial charge in [0.2, 0.25) is 11.8 Å². The van der Waals surface area contributed by atoms with Crippen LogP contribution in [0, 0.1) is 0 Å². The van der Waals surface area contributed by atoms with Gasteiger partial charge in [0, 0.05) is 36.2 Å². The van der Waals surface area contributed by atoms with Crippen LogP contribution in [0.25, 0.3) is 0 Å². The summed E-state index contributed by atoms with van der Waals surface area (Å²) in [6.45, 7) is 5.60. The molecule has 4 aromatic rings. The smallest absolute Gasteiger partial charge is 0.412 e. The molecule has 0 spiro atoms. The van der Waals surface area contributed by atoms with E-state index in [4.69, 9.17) is 18.9 Å². The van der Waals surface area contributed by atoms with Crippen molar-refractivity contribution in [2.75, 3.05) is 24.9 Å².